The Hall–Kier alpha value is -2.21. The van der Waals surface area contributed by atoms with E-state index in [0.717, 1.165) is 18.7 Å². The Kier molecular flexibility index (Phi) is 4.07. The van der Waals surface area contributed by atoms with Crippen LogP contribution in [-0.2, 0) is 4.74 Å². The average molecular weight is 343 g/mol. The van der Waals surface area contributed by atoms with Crippen molar-refractivity contribution in [3.05, 3.63) is 12.7 Å². The largest absolute Gasteiger partial charge is 0.386 e. The number of terminal acetylenes is 1. The second-order valence-corrected chi connectivity index (χ2v) is 6.67. The summed E-state index contributed by atoms with van der Waals surface area (Å²) in [6.45, 7) is 0. The Morgan fingerprint density at radius 3 is 2.68 bits per heavy atom. The Bertz CT molecular complexity index is 810. The van der Waals surface area contributed by atoms with Gasteiger partial charge in [-0.25, -0.2) is 15.0 Å². The van der Waals surface area contributed by atoms with Gasteiger partial charge in [0.15, 0.2) is 23.2 Å². The molecule has 2 fully saturated rings. The maximum atomic E-state index is 10.3. The van der Waals surface area contributed by atoms with Crippen molar-refractivity contribution in [1.29, 1.82) is 0 Å². The van der Waals surface area contributed by atoms with Crippen LogP contribution in [0.1, 0.15) is 31.9 Å². The first kappa shape index (κ1) is 16.3. The van der Waals surface area contributed by atoms with Gasteiger partial charge in [-0.15, -0.1) is 6.42 Å². The molecule has 2 aromatic heterocycles. The maximum absolute atomic E-state index is 10.3. The molecule has 0 spiro atoms. The first-order valence-corrected chi connectivity index (χ1v) is 8.50. The van der Waals surface area contributed by atoms with Gasteiger partial charge in [-0.3, -0.25) is 4.57 Å². The zero-order chi connectivity index (χ0) is 17.6. The van der Waals surface area contributed by atoms with Gasteiger partial charge in [-0.1, -0.05) is 18.8 Å². The number of rotatable bonds is 3. The van der Waals surface area contributed by atoms with Gasteiger partial charge < -0.3 is 19.8 Å². The van der Waals surface area contributed by atoms with E-state index in [0.29, 0.717) is 17.2 Å². The lowest BCUT2D eigenvalue weighted by atomic mass is 10.1. The summed E-state index contributed by atoms with van der Waals surface area (Å²) in [5.74, 6) is 3.11. The number of aliphatic hydroxyl groups is 2. The molecule has 8 nitrogen and oxygen atoms in total. The summed E-state index contributed by atoms with van der Waals surface area (Å²) < 4.78 is 7.21. The Morgan fingerprint density at radius 2 is 2.00 bits per heavy atom. The molecule has 0 unspecified atom stereocenters. The van der Waals surface area contributed by atoms with Crippen LogP contribution in [0.5, 0.6) is 0 Å². The van der Waals surface area contributed by atoms with Gasteiger partial charge in [0.1, 0.15) is 24.6 Å². The smallest absolute Gasteiger partial charge is 0.167 e. The first-order valence-electron chi connectivity index (χ1n) is 8.50. The molecule has 1 saturated heterocycles. The lowest BCUT2D eigenvalue weighted by Gasteiger charge is -2.25. The number of aromatic nitrogens is 4. The molecule has 1 saturated carbocycles. The lowest BCUT2D eigenvalue weighted by Crippen LogP contribution is -2.31. The molecule has 4 rings (SSSR count). The molecule has 0 radical (unpaired) electrons. The summed E-state index contributed by atoms with van der Waals surface area (Å²) in [7, 11) is 2.02. The van der Waals surface area contributed by atoms with E-state index in [1.807, 2.05) is 7.05 Å². The Balaban J connectivity index is 1.71. The van der Waals surface area contributed by atoms with E-state index in [9.17, 15) is 10.2 Å². The van der Waals surface area contributed by atoms with Crippen LogP contribution in [0.3, 0.4) is 0 Å². The Morgan fingerprint density at radius 1 is 1.24 bits per heavy atom. The number of hydrogen-bond donors (Lipinski definition) is 2. The molecular weight excluding hydrogens is 322 g/mol. The highest BCUT2D eigenvalue weighted by Gasteiger charge is 2.43. The third-order valence-corrected chi connectivity index (χ3v) is 5.22. The van der Waals surface area contributed by atoms with Crippen LogP contribution in [0.2, 0.25) is 0 Å². The summed E-state index contributed by atoms with van der Waals surface area (Å²) in [5, 5.41) is 20.3. The molecule has 0 bridgehead atoms. The molecular formula is C17H21N5O3. The minimum absolute atomic E-state index is 0.448. The van der Waals surface area contributed by atoms with E-state index < -0.39 is 24.5 Å². The van der Waals surface area contributed by atoms with Gasteiger partial charge in [0.25, 0.3) is 0 Å². The van der Waals surface area contributed by atoms with Gasteiger partial charge in [-0.05, 0) is 12.8 Å². The molecule has 0 amide bonds. The molecule has 3 heterocycles. The second kappa shape index (κ2) is 6.26. The first-order chi connectivity index (χ1) is 12.1. The molecule has 2 aliphatic rings. The number of ether oxygens (including phenoxy) is 1. The monoisotopic (exact) mass is 343 g/mol. The standard InChI is InChI=1S/C17H21N5O3/c1-3-11-13(23)14(24)17(25-11)22-9-20-12-15(18-8-19-16(12)22)21(2)10-6-4-5-7-10/h1,8-11,13-14,17,23-24H,4-7H2,2H3/t11-,13-,14-,17-/m1/s1. The summed E-state index contributed by atoms with van der Waals surface area (Å²) in [5.41, 5.74) is 1.19. The normalized spacial score (nSPS) is 30.0. The third kappa shape index (κ3) is 2.56. The summed E-state index contributed by atoms with van der Waals surface area (Å²) >= 11 is 0. The van der Waals surface area contributed by atoms with Gasteiger partial charge in [-0.2, -0.15) is 0 Å². The number of fused-ring (bicyclic) bond motifs is 1. The zero-order valence-electron chi connectivity index (χ0n) is 14.0. The van der Waals surface area contributed by atoms with Gasteiger partial charge in [0.05, 0.1) is 6.33 Å². The van der Waals surface area contributed by atoms with Crippen molar-refractivity contribution in [3.8, 4) is 12.3 Å². The van der Waals surface area contributed by atoms with E-state index in [-0.39, 0.29) is 0 Å². The van der Waals surface area contributed by atoms with Crippen molar-refractivity contribution < 1.29 is 14.9 Å². The highest BCUT2D eigenvalue weighted by atomic mass is 16.6. The molecule has 2 aromatic rings. The van der Waals surface area contributed by atoms with E-state index in [1.165, 1.54) is 19.2 Å². The number of nitrogens with zero attached hydrogens (tertiary/aromatic N) is 5. The number of aliphatic hydroxyl groups excluding tert-OH is 2. The van der Waals surface area contributed by atoms with E-state index in [2.05, 4.69) is 25.8 Å². The highest BCUT2D eigenvalue weighted by Crippen LogP contribution is 2.33. The van der Waals surface area contributed by atoms with E-state index in [1.54, 1.807) is 10.9 Å². The molecule has 4 atom stereocenters. The van der Waals surface area contributed by atoms with Gasteiger partial charge in [0.2, 0.25) is 0 Å². The van der Waals surface area contributed by atoms with Crippen LogP contribution < -0.4 is 4.90 Å². The third-order valence-electron chi connectivity index (χ3n) is 5.22. The summed E-state index contributed by atoms with van der Waals surface area (Å²) in [6.07, 6.45) is 9.13. The quantitative estimate of drug-likeness (QED) is 0.782. The SMILES string of the molecule is C#C[C@H]1O[C@@H](n2cnc3c(N(C)C4CCCC4)ncnc32)[C@H](O)[C@@H]1O. The minimum Gasteiger partial charge on any atom is -0.386 e. The van der Waals surface area contributed by atoms with Gasteiger partial charge in [0, 0.05) is 13.1 Å². The van der Waals surface area contributed by atoms with E-state index >= 15 is 0 Å². The number of hydrogen-bond acceptors (Lipinski definition) is 7. The van der Waals surface area contributed by atoms with Crippen LogP contribution >= 0.6 is 0 Å². The van der Waals surface area contributed by atoms with Crippen LogP contribution in [0.25, 0.3) is 11.2 Å². The van der Waals surface area contributed by atoms with Crippen molar-refractivity contribution >= 4 is 17.0 Å². The fourth-order valence-corrected chi connectivity index (χ4v) is 3.78. The fourth-order valence-electron chi connectivity index (χ4n) is 3.78. The second-order valence-electron chi connectivity index (χ2n) is 6.67. The van der Waals surface area contributed by atoms with Crippen molar-refractivity contribution in [2.24, 2.45) is 0 Å². The summed E-state index contributed by atoms with van der Waals surface area (Å²) in [4.78, 5) is 15.3. The average Bonchev–Trinajstić information content (AvgIpc) is 3.35. The molecule has 0 aromatic carbocycles. The van der Waals surface area contributed by atoms with Crippen molar-refractivity contribution in [1.82, 2.24) is 19.5 Å². The number of imidazole rings is 1. The number of anilines is 1. The molecule has 8 heteroatoms. The predicted molar refractivity (Wildman–Crippen MR) is 90.7 cm³/mol. The molecule has 1 aliphatic heterocycles. The lowest BCUT2D eigenvalue weighted by molar-refractivity contribution is -0.0230. The molecule has 2 N–H and O–H groups in total. The van der Waals surface area contributed by atoms with Crippen molar-refractivity contribution in [3.63, 3.8) is 0 Å². The topological polar surface area (TPSA) is 96.5 Å². The Labute approximate surface area is 145 Å². The van der Waals surface area contributed by atoms with Crippen LogP contribution in [0.4, 0.5) is 5.82 Å². The van der Waals surface area contributed by atoms with Crippen LogP contribution in [0.15, 0.2) is 12.7 Å². The maximum Gasteiger partial charge on any atom is 0.167 e. The van der Waals surface area contributed by atoms with Crippen LogP contribution in [0, 0.1) is 12.3 Å². The molecule has 1 aliphatic carbocycles. The van der Waals surface area contributed by atoms with Gasteiger partial charge >= 0.3 is 0 Å². The summed E-state index contributed by atoms with van der Waals surface area (Å²) in [6, 6.07) is 0.448. The fraction of sp³-hybridized carbons (Fsp3) is 0.588. The predicted octanol–water partition coefficient (Wildman–Crippen LogP) is 0.457. The molecule has 25 heavy (non-hydrogen) atoms. The minimum atomic E-state index is -1.15. The zero-order valence-corrected chi connectivity index (χ0v) is 14.0. The van der Waals surface area contributed by atoms with Crippen LogP contribution in [-0.4, -0.2) is 61.1 Å². The highest BCUT2D eigenvalue weighted by molar-refractivity contribution is 5.83. The molecule has 132 valence electrons. The van der Waals surface area contributed by atoms with Crippen molar-refractivity contribution in [2.75, 3.05) is 11.9 Å². The van der Waals surface area contributed by atoms with Crippen molar-refractivity contribution in [2.45, 2.75) is 56.3 Å². The van der Waals surface area contributed by atoms with E-state index in [4.69, 9.17) is 11.2 Å².